The number of hydrogen-bond donors (Lipinski definition) is 1. The van der Waals surface area contributed by atoms with Gasteiger partial charge in [0.2, 0.25) is 0 Å². The van der Waals surface area contributed by atoms with Gasteiger partial charge in [0.1, 0.15) is 5.82 Å². The minimum absolute atomic E-state index is 0.781. The first-order valence-electron chi connectivity index (χ1n) is 5.55. The number of hydrogen-bond acceptors (Lipinski definition) is 4. The maximum absolute atomic E-state index is 4.01. The van der Waals surface area contributed by atoms with E-state index in [9.17, 15) is 0 Å². The molecule has 4 nitrogen and oxygen atoms in total. The number of piperidine rings is 1. The Balaban J connectivity index is 1.74. The van der Waals surface area contributed by atoms with E-state index in [1.54, 1.807) is 6.20 Å². The van der Waals surface area contributed by atoms with Crippen LogP contribution in [0.4, 0.5) is 5.82 Å². The van der Waals surface area contributed by atoms with Crippen LogP contribution in [0.3, 0.4) is 0 Å². The molecule has 0 bridgehead atoms. The van der Waals surface area contributed by atoms with Gasteiger partial charge in [-0.25, -0.2) is 0 Å². The van der Waals surface area contributed by atoms with E-state index in [-0.39, 0.29) is 0 Å². The van der Waals surface area contributed by atoms with Crippen molar-refractivity contribution in [3.63, 3.8) is 0 Å². The number of likely N-dealkylation sites (tertiary alicyclic amines) is 1. The zero-order valence-corrected chi connectivity index (χ0v) is 9.19. The Morgan fingerprint density at radius 2 is 2.27 bits per heavy atom. The molecular weight excluding hydrogens is 188 g/mol. The van der Waals surface area contributed by atoms with E-state index < -0.39 is 0 Å². The van der Waals surface area contributed by atoms with Crippen LogP contribution >= 0.6 is 0 Å². The molecule has 1 N–H and O–H groups in total. The predicted molar refractivity (Wildman–Crippen MR) is 60.7 cm³/mol. The molecule has 1 aliphatic heterocycles. The van der Waals surface area contributed by atoms with Crippen molar-refractivity contribution in [3.05, 3.63) is 18.3 Å². The van der Waals surface area contributed by atoms with Gasteiger partial charge >= 0.3 is 0 Å². The van der Waals surface area contributed by atoms with Crippen LogP contribution in [-0.4, -0.2) is 41.8 Å². The summed E-state index contributed by atoms with van der Waals surface area (Å²) in [6.45, 7) is 3.45. The minimum Gasteiger partial charge on any atom is -0.368 e. The third-order valence-electron chi connectivity index (χ3n) is 2.98. The van der Waals surface area contributed by atoms with E-state index >= 15 is 0 Å². The van der Waals surface area contributed by atoms with Crippen molar-refractivity contribution in [2.45, 2.75) is 12.8 Å². The Hall–Kier alpha value is -1.16. The molecule has 0 aromatic carbocycles. The molecule has 2 rings (SSSR count). The maximum atomic E-state index is 4.01. The standard InChI is InChI=1S/C11H18N4/c1-15-7-4-10(5-8-15)9-12-11-3-2-6-13-14-11/h2-3,6,10H,4-5,7-9H2,1H3,(H,12,14). The molecule has 1 fully saturated rings. The summed E-state index contributed by atoms with van der Waals surface area (Å²) in [6.07, 6.45) is 4.26. The average molecular weight is 206 g/mol. The van der Waals surface area contributed by atoms with Crippen LogP contribution in [0.5, 0.6) is 0 Å². The van der Waals surface area contributed by atoms with Gasteiger partial charge in [0.15, 0.2) is 0 Å². The molecule has 0 unspecified atom stereocenters. The minimum atomic E-state index is 0.781. The lowest BCUT2D eigenvalue weighted by atomic mass is 9.97. The highest BCUT2D eigenvalue weighted by Crippen LogP contribution is 2.16. The van der Waals surface area contributed by atoms with Gasteiger partial charge in [-0.15, -0.1) is 5.10 Å². The second-order valence-corrected chi connectivity index (χ2v) is 4.24. The molecule has 2 heterocycles. The van der Waals surface area contributed by atoms with Gasteiger partial charge in [-0.3, -0.25) is 0 Å². The van der Waals surface area contributed by atoms with Gasteiger partial charge < -0.3 is 10.2 Å². The topological polar surface area (TPSA) is 41.0 Å². The molecule has 0 aliphatic carbocycles. The molecule has 0 atom stereocenters. The molecule has 0 amide bonds. The highest BCUT2D eigenvalue weighted by molar-refractivity contribution is 5.31. The smallest absolute Gasteiger partial charge is 0.148 e. The molecule has 0 radical (unpaired) electrons. The number of rotatable bonds is 3. The Kier molecular flexibility index (Phi) is 3.50. The van der Waals surface area contributed by atoms with Crippen LogP contribution in [0.15, 0.2) is 18.3 Å². The first-order valence-corrected chi connectivity index (χ1v) is 5.55. The summed E-state index contributed by atoms with van der Waals surface area (Å²) in [6, 6.07) is 3.87. The summed E-state index contributed by atoms with van der Waals surface area (Å²) in [5.41, 5.74) is 0. The number of nitrogens with one attached hydrogen (secondary N) is 1. The fourth-order valence-electron chi connectivity index (χ4n) is 1.91. The highest BCUT2D eigenvalue weighted by atomic mass is 15.2. The first-order chi connectivity index (χ1) is 7.34. The van der Waals surface area contributed by atoms with Crippen LogP contribution < -0.4 is 5.32 Å². The van der Waals surface area contributed by atoms with E-state index in [0.29, 0.717) is 0 Å². The van der Waals surface area contributed by atoms with Crippen molar-refractivity contribution >= 4 is 5.82 Å². The van der Waals surface area contributed by atoms with Crippen LogP contribution in [0.2, 0.25) is 0 Å². The molecular formula is C11H18N4. The zero-order chi connectivity index (χ0) is 10.5. The van der Waals surface area contributed by atoms with Gasteiger partial charge in [-0.1, -0.05) is 0 Å². The molecule has 0 saturated carbocycles. The van der Waals surface area contributed by atoms with E-state index in [2.05, 4.69) is 27.5 Å². The Morgan fingerprint density at radius 3 is 2.93 bits per heavy atom. The molecule has 1 aliphatic rings. The molecule has 1 aromatic rings. The molecule has 15 heavy (non-hydrogen) atoms. The predicted octanol–water partition coefficient (Wildman–Crippen LogP) is 1.23. The molecule has 1 aromatic heterocycles. The largest absolute Gasteiger partial charge is 0.368 e. The lowest BCUT2D eigenvalue weighted by Gasteiger charge is -2.28. The van der Waals surface area contributed by atoms with E-state index in [1.165, 1.54) is 25.9 Å². The van der Waals surface area contributed by atoms with Crippen LogP contribution in [0.1, 0.15) is 12.8 Å². The van der Waals surface area contributed by atoms with E-state index in [0.717, 1.165) is 18.3 Å². The van der Waals surface area contributed by atoms with Crippen molar-refractivity contribution in [2.24, 2.45) is 5.92 Å². The monoisotopic (exact) mass is 206 g/mol. The fourth-order valence-corrected chi connectivity index (χ4v) is 1.91. The zero-order valence-electron chi connectivity index (χ0n) is 9.19. The first kappa shape index (κ1) is 10.4. The lowest BCUT2D eigenvalue weighted by Crippen LogP contribution is -2.33. The summed E-state index contributed by atoms with van der Waals surface area (Å²) in [4.78, 5) is 2.39. The Bertz CT molecular complexity index is 280. The van der Waals surface area contributed by atoms with E-state index in [1.807, 2.05) is 12.1 Å². The van der Waals surface area contributed by atoms with Crippen molar-refractivity contribution < 1.29 is 0 Å². The van der Waals surface area contributed by atoms with Crippen molar-refractivity contribution in [1.29, 1.82) is 0 Å². The maximum Gasteiger partial charge on any atom is 0.148 e. The molecule has 1 saturated heterocycles. The SMILES string of the molecule is CN1CCC(CNc2cccnn2)CC1. The summed E-state index contributed by atoms with van der Waals surface area (Å²) in [5.74, 6) is 1.67. The lowest BCUT2D eigenvalue weighted by molar-refractivity contribution is 0.226. The second kappa shape index (κ2) is 5.07. The third-order valence-corrected chi connectivity index (χ3v) is 2.98. The highest BCUT2D eigenvalue weighted by Gasteiger charge is 2.16. The Labute approximate surface area is 90.7 Å². The number of aromatic nitrogens is 2. The van der Waals surface area contributed by atoms with Crippen LogP contribution in [-0.2, 0) is 0 Å². The quantitative estimate of drug-likeness (QED) is 0.807. The summed E-state index contributed by atoms with van der Waals surface area (Å²) in [5, 5.41) is 11.2. The average Bonchev–Trinajstić information content (AvgIpc) is 2.30. The molecule has 0 spiro atoms. The van der Waals surface area contributed by atoms with Crippen LogP contribution in [0, 0.1) is 5.92 Å². The van der Waals surface area contributed by atoms with Gasteiger partial charge in [-0.2, -0.15) is 5.10 Å². The Morgan fingerprint density at radius 1 is 1.47 bits per heavy atom. The van der Waals surface area contributed by atoms with Crippen molar-refractivity contribution in [2.75, 3.05) is 32.0 Å². The summed E-state index contributed by atoms with van der Waals surface area (Å²) >= 11 is 0. The summed E-state index contributed by atoms with van der Waals surface area (Å²) < 4.78 is 0. The number of anilines is 1. The second-order valence-electron chi connectivity index (χ2n) is 4.24. The van der Waals surface area contributed by atoms with Crippen LogP contribution in [0.25, 0.3) is 0 Å². The van der Waals surface area contributed by atoms with Crippen molar-refractivity contribution in [3.8, 4) is 0 Å². The molecule has 4 heteroatoms. The number of nitrogens with zero attached hydrogens (tertiary/aromatic N) is 3. The van der Waals surface area contributed by atoms with Crippen molar-refractivity contribution in [1.82, 2.24) is 15.1 Å². The summed E-state index contributed by atoms with van der Waals surface area (Å²) in [7, 11) is 2.19. The van der Waals surface area contributed by atoms with Gasteiger partial charge in [-0.05, 0) is 51.0 Å². The normalized spacial score (nSPS) is 19.0. The third kappa shape index (κ3) is 3.16. The van der Waals surface area contributed by atoms with Gasteiger partial charge in [0.05, 0.1) is 0 Å². The fraction of sp³-hybridized carbons (Fsp3) is 0.636. The van der Waals surface area contributed by atoms with Gasteiger partial charge in [0, 0.05) is 12.7 Å². The van der Waals surface area contributed by atoms with Gasteiger partial charge in [0.25, 0.3) is 0 Å². The van der Waals surface area contributed by atoms with E-state index in [4.69, 9.17) is 0 Å². The molecule has 82 valence electrons.